The van der Waals surface area contributed by atoms with Gasteiger partial charge < -0.3 is 10.4 Å². The van der Waals surface area contributed by atoms with Crippen LogP contribution in [0.5, 0.6) is 0 Å². The number of carbonyl (C=O) groups is 2. The molecule has 2 N–H and O–H groups in total. The Kier molecular flexibility index (Phi) is 4.55. The number of carboxylic acids is 1. The maximum Gasteiger partial charge on any atom is 0.329 e. The lowest BCUT2D eigenvalue weighted by molar-refractivity contribution is -0.145. The number of halogens is 2. The van der Waals surface area contributed by atoms with E-state index in [2.05, 4.69) is 5.32 Å². The Labute approximate surface area is 127 Å². The summed E-state index contributed by atoms with van der Waals surface area (Å²) in [5, 5.41) is 12.7. The molecule has 0 atom stereocenters. The van der Waals surface area contributed by atoms with E-state index in [4.69, 9.17) is 23.2 Å². The topological polar surface area (TPSA) is 66.4 Å². The molecule has 0 aliphatic heterocycles. The number of nitrogens with one attached hydrogen (secondary N) is 1. The maximum absolute atomic E-state index is 12.2. The van der Waals surface area contributed by atoms with E-state index in [0.29, 0.717) is 23.4 Å². The summed E-state index contributed by atoms with van der Waals surface area (Å²) in [5.41, 5.74) is -0.854. The van der Waals surface area contributed by atoms with Crippen LogP contribution >= 0.6 is 23.2 Å². The van der Waals surface area contributed by atoms with E-state index < -0.39 is 17.4 Å². The minimum atomic E-state index is -1.17. The Balaban J connectivity index is 2.20. The molecule has 1 aromatic carbocycles. The molecule has 1 aliphatic rings. The summed E-state index contributed by atoms with van der Waals surface area (Å²) in [5.74, 6) is -1.42. The van der Waals surface area contributed by atoms with Crippen LogP contribution in [0.1, 0.15) is 42.5 Å². The first-order valence-corrected chi connectivity index (χ1v) is 7.21. The summed E-state index contributed by atoms with van der Waals surface area (Å²) in [6, 6.07) is 4.49. The van der Waals surface area contributed by atoms with Crippen LogP contribution in [0.25, 0.3) is 0 Å². The van der Waals surface area contributed by atoms with Gasteiger partial charge in [0.15, 0.2) is 0 Å². The second-order valence-corrected chi connectivity index (χ2v) is 5.85. The molecule has 0 unspecified atom stereocenters. The summed E-state index contributed by atoms with van der Waals surface area (Å²) in [7, 11) is 0. The monoisotopic (exact) mass is 315 g/mol. The lowest BCUT2D eigenvalue weighted by atomic mass is 9.81. The smallest absolute Gasteiger partial charge is 0.329 e. The summed E-state index contributed by atoms with van der Waals surface area (Å²) in [6.45, 7) is 0. The minimum Gasteiger partial charge on any atom is -0.480 e. The summed E-state index contributed by atoms with van der Waals surface area (Å²) >= 11 is 11.7. The van der Waals surface area contributed by atoms with Crippen LogP contribution in [0, 0.1) is 0 Å². The van der Waals surface area contributed by atoms with Gasteiger partial charge in [0.05, 0.1) is 10.0 Å². The van der Waals surface area contributed by atoms with Crippen molar-refractivity contribution in [2.75, 3.05) is 0 Å². The van der Waals surface area contributed by atoms with Crippen LogP contribution in [0.4, 0.5) is 0 Å². The SMILES string of the molecule is O=C(NC1(C(=O)O)CCCCC1)c1ccc(Cl)c(Cl)c1. The zero-order chi connectivity index (χ0) is 14.8. The zero-order valence-electron chi connectivity index (χ0n) is 10.8. The molecule has 6 heteroatoms. The van der Waals surface area contributed by atoms with E-state index in [-0.39, 0.29) is 5.02 Å². The predicted octanol–water partition coefficient (Wildman–Crippen LogP) is 3.51. The van der Waals surface area contributed by atoms with Crippen LogP contribution in [0.3, 0.4) is 0 Å². The molecule has 1 saturated carbocycles. The van der Waals surface area contributed by atoms with Crippen LogP contribution in [0.2, 0.25) is 10.0 Å². The van der Waals surface area contributed by atoms with Crippen molar-refractivity contribution in [3.63, 3.8) is 0 Å². The summed E-state index contributed by atoms with van der Waals surface area (Å²) in [4.78, 5) is 23.7. The molecule has 1 amide bonds. The maximum atomic E-state index is 12.2. The van der Waals surface area contributed by atoms with Gasteiger partial charge >= 0.3 is 5.97 Å². The average Bonchev–Trinajstić information content (AvgIpc) is 2.42. The van der Waals surface area contributed by atoms with Crippen molar-refractivity contribution in [3.05, 3.63) is 33.8 Å². The van der Waals surface area contributed by atoms with Gasteiger partial charge in [-0.2, -0.15) is 0 Å². The molecule has 0 aromatic heterocycles. The first-order chi connectivity index (χ1) is 9.44. The number of hydrogen-bond acceptors (Lipinski definition) is 2. The van der Waals surface area contributed by atoms with Crippen molar-refractivity contribution in [2.45, 2.75) is 37.6 Å². The Morgan fingerprint density at radius 1 is 1.10 bits per heavy atom. The van der Waals surface area contributed by atoms with Gasteiger partial charge in [0, 0.05) is 5.56 Å². The van der Waals surface area contributed by atoms with Crippen molar-refractivity contribution in [1.29, 1.82) is 0 Å². The Morgan fingerprint density at radius 3 is 2.30 bits per heavy atom. The number of hydrogen-bond donors (Lipinski definition) is 2. The molecule has 2 rings (SSSR count). The second kappa shape index (κ2) is 6.02. The molecule has 1 fully saturated rings. The fourth-order valence-electron chi connectivity index (χ4n) is 2.47. The number of rotatable bonds is 3. The van der Waals surface area contributed by atoms with Crippen LogP contribution in [0.15, 0.2) is 18.2 Å². The van der Waals surface area contributed by atoms with Gasteiger partial charge in [0.2, 0.25) is 0 Å². The molecule has 0 spiro atoms. The van der Waals surface area contributed by atoms with Gasteiger partial charge in [-0.05, 0) is 31.0 Å². The quantitative estimate of drug-likeness (QED) is 0.897. The lowest BCUT2D eigenvalue weighted by Crippen LogP contribution is -2.55. The van der Waals surface area contributed by atoms with Crippen molar-refractivity contribution >= 4 is 35.1 Å². The Morgan fingerprint density at radius 2 is 1.75 bits per heavy atom. The van der Waals surface area contributed by atoms with Gasteiger partial charge in [-0.15, -0.1) is 0 Å². The van der Waals surface area contributed by atoms with E-state index in [9.17, 15) is 14.7 Å². The lowest BCUT2D eigenvalue weighted by Gasteiger charge is -2.34. The van der Waals surface area contributed by atoms with Gasteiger partial charge in [-0.25, -0.2) is 4.79 Å². The van der Waals surface area contributed by atoms with Gasteiger partial charge in [0.25, 0.3) is 5.91 Å². The normalized spacial score (nSPS) is 17.5. The highest BCUT2D eigenvalue weighted by atomic mass is 35.5. The second-order valence-electron chi connectivity index (χ2n) is 5.03. The highest BCUT2D eigenvalue weighted by Gasteiger charge is 2.41. The standard InChI is InChI=1S/C14H15Cl2NO3/c15-10-5-4-9(8-11(10)16)12(18)17-14(13(19)20)6-2-1-3-7-14/h4-5,8H,1-3,6-7H2,(H,17,18)(H,19,20). The number of amides is 1. The van der Waals surface area contributed by atoms with E-state index in [1.807, 2.05) is 0 Å². The zero-order valence-corrected chi connectivity index (χ0v) is 12.3. The fourth-order valence-corrected chi connectivity index (χ4v) is 2.77. The fraction of sp³-hybridized carbons (Fsp3) is 0.429. The highest BCUT2D eigenvalue weighted by Crippen LogP contribution is 2.29. The van der Waals surface area contributed by atoms with E-state index >= 15 is 0 Å². The molecule has 0 saturated heterocycles. The molecule has 20 heavy (non-hydrogen) atoms. The average molecular weight is 316 g/mol. The van der Waals surface area contributed by atoms with Crippen LogP contribution < -0.4 is 5.32 Å². The number of carboxylic acid groups (broad SMARTS) is 1. The van der Waals surface area contributed by atoms with Crippen molar-refractivity contribution < 1.29 is 14.7 Å². The third kappa shape index (κ3) is 3.07. The molecule has 0 bridgehead atoms. The van der Waals surface area contributed by atoms with Crippen molar-refractivity contribution in [2.24, 2.45) is 0 Å². The molecule has 108 valence electrons. The van der Waals surface area contributed by atoms with Gasteiger partial charge in [0.1, 0.15) is 5.54 Å². The largest absolute Gasteiger partial charge is 0.480 e. The van der Waals surface area contributed by atoms with E-state index in [1.165, 1.54) is 18.2 Å². The van der Waals surface area contributed by atoms with E-state index in [1.54, 1.807) is 0 Å². The molecule has 1 aromatic rings. The number of aliphatic carboxylic acids is 1. The minimum absolute atomic E-state index is 0.271. The van der Waals surface area contributed by atoms with Crippen LogP contribution in [-0.4, -0.2) is 22.5 Å². The molecule has 0 radical (unpaired) electrons. The van der Waals surface area contributed by atoms with Crippen molar-refractivity contribution in [1.82, 2.24) is 5.32 Å². The van der Waals surface area contributed by atoms with Crippen LogP contribution in [-0.2, 0) is 4.79 Å². The molecule has 4 nitrogen and oxygen atoms in total. The summed E-state index contributed by atoms with van der Waals surface area (Å²) in [6.07, 6.45) is 3.50. The number of carbonyl (C=O) groups excluding carboxylic acids is 1. The Hall–Kier alpha value is -1.26. The third-order valence-electron chi connectivity index (χ3n) is 3.65. The van der Waals surface area contributed by atoms with Gasteiger partial charge in [-0.1, -0.05) is 42.5 Å². The first-order valence-electron chi connectivity index (χ1n) is 6.45. The van der Waals surface area contributed by atoms with Gasteiger partial charge in [-0.3, -0.25) is 4.79 Å². The summed E-state index contributed by atoms with van der Waals surface area (Å²) < 4.78 is 0. The number of benzene rings is 1. The Bertz CT molecular complexity index is 539. The predicted molar refractivity (Wildman–Crippen MR) is 77.4 cm³/mol. The van der Waals surface area contributed by atoms with Crippen molar-refractivity contribution in [3.8, 4) is 0 Å². The third-order valence-corrected chi connectivity index (χ3v) is 4.39. The van der Waals surface area contributed by atoms with E-state index in [0.717, 1.165) is 19.3 Å². The highest BCUT2D eigenvalue weighted by molar-refractivity contribution is 6.42. The molecule has 1 aliphatic carbocycles. The first kappa shape index (κ1) is 15.1. The molecule has 0 heterocycles. The molecular weight excluding hydrogens is 301 g/mol. The molecular formula is C14H15Cl2NO3.